The number of hydrogen-bond donors (Lipinski definition) is 0. The molecule has 2 heteroatoms. The van der Waals surface area contributed by atoms with E-state index in [1.807, 2.05) is 26.1 Å². The van der Waals surface area contributed by atoms with Gasteiger partial charge in [0.15, 0.2) is 0 Å². The van der Waals surface area contributed by atoms with Gasteiger partial charge >= 0.3 is 0 Å². The second-order valence-electron chi connectivity index (χ2n) is 3.06. The summed E-state index contributed by atoms with van der Waals surface area (Å²) in [6.45, 7) is 6.10. The zero-order chi connectivity index (χ0) is 10.6. The van der Waals surface area contributed by atoms with Gasteiger partial charge in [-0.1, -0.05) is 18.2 Å². The summed E-state index contributed by atoms with van der Waals surface area (Å²) >= 11 is 3.44. The van der Waals surface area contributed by atoms with Crippen molar-refractivity contribution in [2.24, 2.45) is 0 Å². The Morgan fingerprint density at radius 2 is 2.14 bits per heavy atom. The molecule has 0 fully saturated rings. The van der Waals surface area contributed by atoms with Crippen LogP contribution in [0.1, 0.15) is 25.1 Å². The van der Waals surface area contributed by atoms with E-state index < -0.39 is 0 Å². The van der Waals surface area contributed by atoms with Crippen molar-refractivity contribution in [3.05, 3.63) is 46.2 Å². The number of hydrogen-bond acceptors (Lipinski definition) is 1. The Kier molecular flexibility index (Phi) is 4.08. The molecule has 0 bridgehead atoms. The van der Waals surface area contributed by atoms with Gasteiger partial charge in [0.1, 0.15) is 0 Å². The van der Waals surface area contributed by atoms with Gasteiger partial charge in [-0.3, -0.25) is 4.98 Å². The molecule has 0 spiro atoms. The summed E-state index contributed by atoms with van der Waals surface area (Å²) in [5, 5.41) is 0. The summed E-state index contributed by atoms with van der Waals surface area (Å²) in [7, 11) is 0. The fraction of sp³-hybridized carbons (Fsp3) is 0.250. The van der Waals surface area contributed by atoms with E-state index >= 15 is 0 Å². The molecule has 0 aliphatic heterocycles. The van der Waals surface area contributed by atoms with E-state index in [-0.39, 0.29) is 0 Å². The smallest absolute Gasteiger partial charge is 0.0702 e. The van der Waals surface area contributed by atoms with Crippen molar-refractivity contribution in [2.45, 2.75) is 20.8 Å². The molecule has 0 aliphatic carbocycles. The fourth-order valence-corrected chi connectivity index (χ4v) is 1.42. The lowest BCUT2D eigenvalue weighted by Gasteiger charge is -2.03. The number of aromatic nitrogens is 1. The van der Waals surface area contributed by atoms with Crippen LogP contribution < -0.4 is 0 Å². The van der Waals surface area contributed by atoms with E-state index in [2.05, 4.69) is 46.1 Å². The van der Waals surface area contributed by atoms with Gasteiger partial charge < -0.3 is 0 Å². The summed E-state index contributed by atoms with van der Waals surface area (Å²) in [6.07, 6.45) is 8.00. The van der Waals surface area contributed by atoms with Crippen molar-refractivity contribution in [1.82, 2.24) is 4.98 Å². The molecule has 0 amide bonds. The zero-order valence-corrected chi connectivity index (χ0v) is 10.3. The molecule has 14 heavy (non-hydrogen) atoms. The molecule has 0 aliphatic rings. The fourth-order valence-electron chi connectivity index (χ4n) is 1.21. The summed E-state index contributed by atoms with van der Waals surface area (Å²) in [6, 6.07) is 2.08. The minimum atomic E-state index is 1.02. The molecule has 1 heterocycles. The first-order valence-electron chi connectivity index (χ1n) is 4.60. The van der Waals surface area contributed by atoms with Crippen LogP contribution in [0.3, 0.4) is 0 Å². The van der Waals surface area contributed by atoms with E-state index in [0.29, 0.717) is 0 Å². The highest BCUT2D eigenvalue weighted by atomic mass is 79.9. The van der Waals surface area contributed by atoms with E-state index in [1.165, 1.54) is 5.56 Å². The van der Waals surface area contributed by atoms with Gasteiger partial charge in [-0.25, -0.2) is 0 Å². The summed E-state index contributed by atoms with van der Waals surface area (Å²) in [4.78, 5) is 4.36. The second kappa shape index (κ2) is 5.11. The maximum Gasteiger partial charge on any atom is 0.0702 e. The van der Waals surface area contributed by atoms with Crippen LogP contribution in [-0.4, -0.2) is 4.98 Å². The minimum absolute atomic E-state index is 1.02. The predicted molar refractivity (Wildman–Crippen MR) is 65.1 cm³/mol. The Bertz CT molecular complexity index is 378. The predicted octanol–water partition coefficient (Wildman–Crippen LogP) is 4.13. The van der Waals surface area contributed by atoms with Crippen LogP contribution in [0.5, 0.6) is 0 Å². The number of pyridine rings is 1. The summed E-state index contributed by atoms with van der Waals surface area (Å²) in [5.74, 6) is 0. The number of rotatable bonds is 2. The molecule has 0 radical (unpaired) electrons. The number of allylic oxidation sites excluding steroid dienone is 4. The van der Waals surface area contributed by atoms with Gasteiger partial charge in [0.2, 0.25) is 0 Å². The number of halogens is 1. The van der Waals surface area contributed by atoms with Crippen LogP contribution in [0.15, 0.2) is 35.0 Å². The lowest BCUT2D eigenvalue weighted by atomic mass is 10.1. The van der Waals surface area contributed by atoms with Crippen molar-refractivity contribution in [3.8, 4) is 0 Å². The van der Waals surface area contributed by atoms with Crippen LogP contribution in [0, 0.1) is 6.92 Å². The maximum absolute atomic E-state index is 4.36. The molecular weight excluding hydrogens is 238 g/mol. The minimum Gasteiger partial charge on any atom is -0.255 e. The molecule has 0 aromatic carbocycles. The Labute approximate surface area is 93.7 Å². The topological polar surface area (TPSA) is 12.9 Å². The lowest BCUT2D eigenvalue weighted by Crippen LogP contribution is -1.88. The molecule has 74 valence electrons. The van der Waals surface area contributed by atoms with Gasteiger partial charge in [-0.15, -0.1) is 0 Å². The highest BCUT2D eigenvalue weighted by molar-refractivity contribution is 9.10. The zero-order valence-electron chi connectivity index (χ0n) is 8.71. The van der Waals surface area contributed by atoms with E-state index in [1.54, 1.807) is 0 Å². The highest BCUT2D eigenvalue weighted by Crippen LogP contribution is 2.20. The number of nitrogens with zero attached hydrogens (tertiary/aromatic N) is 1. The van der Waals surface area contributed by atoms with Crippen LogP contribution in [0.25, 0.3) is 5.57 Å². The molecule has 1 aromatic heterocycles. The Morgan fingerprint density at radius 3 is 2.64 bits per heavy atom. The second-order valence-corrected chi connectivity index (χ2v) is 3.92. The average molecular weight is 252 g/mol. The molecule has 1 rings (SSSR count). The van der Waals surface area contributed by atoms with Crippen LogP contribution in [0.4, 0.5) is 0 Å². The van der Waals surface area contributed by atoms with Gasteiger partial charge in [-0.2, -0.15) is 0 Å². The van der Waals surface area contributed by atoms with Gasteiger partial charge in [-0.05, 0) is 53.9 Å². The van der Waals surface area contributed by atoms with Crippen molar-refractivity contribution in [3.63, 3.8) is 0 Å². The van der Waals surface area contributed by atoms with Crippen molar-refractivity contribution >= 4 is 21.5 Å². The molecule has 1 nitrogen and oxygen atoms in total. The van der Waals surface area contributed by atoms with Crippen molar-refractivity contribution < 1.29 is 0 Å². The third kappa shape index (κ3) is 2.55. The Balaban J connectivity index is 3.13. The first kappa shape index (κ1) is 11.2. The molecule has 0 atom stereocenters. The monoisotopic (exact) mass is 251 g/mol. The quantitative estimate of drug-likeness (QED) is 0.721. The molecule has 0 saturated heterocycles. The lowest BCUT2D eigenvalue weighted by molar-refractivity contribution is 1.22. The largest absolute Gasteiger partial charge is 0.255 e. The Morgan fingerprint density at radius 1 is 1.43 bits per heavy atom. The van der Waals surface area contributed by atoms with Crippen LogP contribution >= 0.6 is 15.9 Å². The van der Waals surface area contributed by atoms with Crippen LogP contribution in [-0.2, 0) is 0 Å². The van der Waals surface area contributed by atoms with E-state index in [9.17, 15) is 0 Å². The van der Waals surface area contributed by atoms with Gasteiger partial charge in [0.05, 0.1) is 5.69 Å². The molecule has 0 saturated carbocycles. The van der Waals surface area contributed by atoms with Crippen molar-refractivity contribution in [1.29, 1.82) is 0 Å². The molecule has 1 aromatic rings. The van der Waals surface area contributed by atoms with E-state index in [0.717, 1.165) is 15.7 Å². The molecule has 0 N–H and O–H groups in total. The normalized spacial score (nSPS) is 12.4. The summed E-state index contributed by atoms with van der Waals surface area (Å²) in [5.41, 5.74) is 3.38. The molecule has 0 unspecified atom stereocenters. The highest BCUT2D eigenvalue weighted by Gasteiger charge is 2.01. The Hall–Kier alpha value is -0.890. The summed E-state index contributed by atoms with van der Waals surface area (Å²) < 4.78 is 1.05. The SMILES string of the molecule is C/C=C\C(=C/C)c1cc(C)c(Br)cn1. The molecular formula is C12H14BrN. The third-order valence-corrected chi connectivity index (χ3v) is 2.83. The first-order valence-corrected chi connectivity index (χ1v) is 5.40. The standard InChI is InChI=1S/C12H14BrN/c1-4-6-10(5-2)12-7-9(3)11(13)8-14-12/h4-8H,1-3H3/b6-4-,10-5+. The maximum atomic E-state index is 4.36. The van der Waals surface area contributed by atoms with E-state index in [4.69, 9.17) is 0 Å². The van der Waals surface area contributed by atoms with Gasteiger partial charge in [0, 0.05) is 10.7 Å². The number of aryl methyl sites for hydroxylation is 1. The first-order chi connectivity index (χ1) is 6.69. The average Bonchev–Trinajstić information content (AvgIpc) is 2.19. The van der Waals surface area contributed by atoms with Crippen LogP contribution in [0.2, 0.25) is 0 Å². The van der Waals surface area contributed by atoms with Crippen molar-refractivity contribution in [2.75, 3.05) is 0 Å². The van der Waals surface area contributed by atoms with Gasteiger partial charge in [0.25, 0.3) is 0 Å². The third-order valence-electron chi connectivity index (χ3n) is 2.00.